The van der Waals surface area contributed by atoms with Crippen LogP contribution in [-0.2, 0) is 0 Å². The van der Waals surface area contributed by atoms with Gasteiger partial charge >= 0.3 is 0 Å². The zero-order chi connectivity index (χ0) is 8.85. The molecule has 0 aromatic rings. The molecule has 0 saturated heterocycles. The van der Waals surface area contributed by atoms with E-state index < -0.39 is 0 Å². The molecule has 0 aliphatic rings. The van der Waals surface area contributed by atoms with Gasteiger partial charge in [0.1, 0.15) is 0 Å². The predicted molar refractivity (Wildman–Crippen MR) is 49.6 cm³/mol. The minimum Gasteiger partial charge on any atom is -0.512 e. The second-order valence-electron chi connectivity index (χ2n) is 3.20. The second-order valence-corrected chi connectivity index (χ2v) is 3.20. The van der Waals surface area contributed by atoms with Crippen LogP contribution in [0.15, 0.2) is 24.0 Å². The van der Waals surface area contributed by atoms with E-state index in [9.17, 15) is 5.11 Å². The maximum atomic E-state index is 9.32. The summed E-state index contributed by atoms with van der Waals surface area (Å²) in [7, 11) is 0. The van der Waals surface area contributed by atoms with Crippen molar-refractivity contribution in [3.63, 3.8) is 0 Å². The molecule has 0 aromatic heterocycles. The van der Waals surface area contributed by atoms with Crippen LogP contribution in [0.3, 0.4) is 0 Å². The summed E-state index contributed by atoms with van der Waals surface area (Å²) in [4.78, 5) is 0. The third-order valence-corrected chi connectivity index (χ3v) is 1.82. The number of allylic oxidation sites excluding steroid dienone is 3. The highest BCUT2D eigenvalue weighted by atomic mass is 16.3. The van der Waals surface area contributed by atoms with Crippen LogP contribution in [0.1, 0.15) is 33.6 Å². The van der Waals surface area contributed by atoms with Crippen molar-refractivity contribution in [2.24, 2.45) is 5.92 Å². The van der Waals surface area contributed by atoms with Gasteiger partial charge in [0.05, 0.1) is 5.76 Å². The minimum absolute atomic E-state index is 0.497. The highest BCUT2D eigenvalue weighted by molar-refractivity contribution is 5.00. The summed E-state index contributed by atoms with van der Waals surface area (Å²) in [5.74, 6) is 1.02. The fourth-order valence-corrected chi connectivity index (χ4v) is 0.732. The third-order valence-electron chi connectivity index (χ3n) is 1.82. The van der Waals surface area contributed by atoms with Gasteiger partial charge in [0.15, 0.2) is 0 Å². The van der Waals surface area contributed by atoms with Crippen LogP contribution in [0.4, 0.5) is 0 Å². The Morgan fingerprint density at radius 3 is 2.45 bits per heavy atom. The van der Waals surface area contributed by atoms with E-state index in [1.54, 1.807) is 0 Å². The zero-order valence-corrected chi connectivity index (χ0v) is 7.72. The highest BCUT2D eigenvalue weighted by Gasteiger charge is 1.99. The van der Waals surface area contributed by atoms with E-state index in [1.165, 1.54) is 0 Å². The van der Waals surface area contributed by atoms with Gasteiger partial charge in [-0.05, 0) is 31.8 Å². The molecule has 0 radical (unpaired) electrons. The average Bonchev–Trinajstić information content (AvgIpc) is 1.99. The SMILES string of the molecule is C=CC(C)CCC(O)=C(C)C. The molecule has 0 aliphatic carbocycles. The smallest absolute Gasteiger partial charge is 0.0909 e. The molecule has 1 unspecified atom stereocenters. The van der Waals surface area contributed by atoms with Gasteiger partial charge in [-0.1, -0.05) is 13.0 Å². The molecule has 0 aromatic carbocycles. The first-order valence-electron chi connectivity index (χ1n) is 4.05. The number of hydrogen-bond acceptors (Lipinski definition) is 1. The van der Waals surface area contributed by atoms with E-state index in [-0.39, 0.29) is 0 Å². The number of aliphatic hydroxyl groups is 1. The van der Waals surface area contributed by atoms with Crippen molar-refractivity contribution >= 4 is 0 Å². The Morgan fingerprint density at radius 1 is 1.55 bits per heavy atom. The van der Waals surface area contributed by atoms with Crippen molar-refractivity contribution in [3.05, 3.63) is 24.0 Å². The minimum atomic E-state index is 0.497. The molecule has 0 amide bonds. The van der Waals surface area contributed by atoms with E-state index in [4.69, 9.17) is 0 Å². The summed E-state index contributed by atoms with van der Waals surface area (Å²) < 4.78 is 0. The van der Waals surface area contributed by atoms with Crippen molar-refractivity contribution in [3.8, 4) is 0 Å². The lowest BCUT2D eigenvalue weighted by Gasteiger charge is -2.05. The molecule has 11 heavy (non-hydrogen) atoms. The van der Waals surface area contributed by atoms with Crippen molar-refractivity contribution in [2.75, 3.05) is 0 Å². The lowest BCUT2D eigenvalue weighted by Crippen LogP contribution is -1.92. The first-order chi connectivity index (χ1) is 5.07. The van der Waals surface area contributed by atoms with E-state index in [2.05, 4.69) is 13.5 Å². The monoisotopic (exact) mass is 154 g/mol. The van der Waals surface area contributed by atoms with Gasteiger partial charge in [-0.2, -0.15) is 0 Å². The summed E-state index contributed by atoms with van der Waals surface area (Å²) in [6.45, 7) is 9.64. The zero-order valence-electron chi connectivity index (χ0n) is 7.72. The Balaban J connectivity index is 3.71. The summed E-state index contributed by atoms with van der Waals surface area (Å²) in [5.41, 5.74) is 1.02. The van der Waals surface area contributed by atoms with Gasteiger partial charge in [-0.15, -0.1) is 6.58 Å². The van der Waals surface area contributed by atoms with Crippen LogP contribution in [0.25, 0.3) is 0 Å². The molecule has 64 valence electrons. The van der Waals surface area contributed by atoms with Crippen LogP contribution in [-0.4, -0.2) is 5.11 Å². The second kappa shape index (κ2) is 5.00. The molecule has 0 rings (SSSR count). The maximum Gasteiger partial charge on any atom is 0.0909 e. The van der Waals surface area contributed by atoms with E-state index in [1.807, 2.05) is 19.9 Å². The molecule has 0 bridgehead atoms. The molecule has 0 aliphatic heterocycles. The Labute approximate surface area is 69.4 Å². The average molecular weight is 154 g/mol. The van der Waals surface area contributed by atoms with Gasteiger partial charge in [0.25, 0.3) is 0 Å². The first kappa shape index (κ1) is 10.3. The Morgan fingerprint density at radius 2 is 2.09 bits per heavy atom. The fourth-order valence-electron chi connectivity index (χ4n) is 0.732. The number of hydrogen-bond donors (Lipinski definition) is 1. The van der Waals surface area contributed by atoms with Crippen LogP contribution >= 0.6 is 0 Å². The molecule has 1 heteroatoms. The van der Waals surface area contributed by atoms with Gasteiger partial charge in [0.2, 0.25) is 0 Å². The molecule has 0 heterocycles. The van der Waals surface area contributed by atoms with Crippen molar-refractivity contribution in [1.82, 2.24) is 0 Å². The predicted octanol–water partition coefficient (Wildman–Crippen LogP) is 3.44. The van der Waals surface area contributed by atoms with Gasteiger partial charge in [0, 0.05) is 6.42 Å². The fraction of sp³-hybridized carbons (Fsp3) is 0.600. The van der Waals surface area contributed by atoms with E-state index in [0.717, 1.165) is 18.4 Å². The quantitative estimate of drug-likeness (QED) is 0.486. The summed E-state index contributed by atoms with van der Waals surface area (Å²) in [5, 5.41) is 9.32. The molecule has 0 spiro atoms. The molecule has 0 fully saturated rings. The van der Waals surface area contributed by atoms with Crippen molar-refractivity contribution < 1.29 is 5.11 Å². The lowest BCUT2D eigenvalue weighted by atomic mass is 10.0. The third kappa shape index (κ3) is 4.65. The topological polar surface area (TPSA) is 20.2 Å². The molecule has 1 nitrogen and oxygen atoms in total. The molecular weight excluding hydrogens is 136 g/mol. The first-order valence-corrected chi connectivity index (χ1v) is 4.05. The number of aliphatic hydroxyl groups excluding tert-OH is 1. The summed E-state index contributed by atoms with van der Waals surface area (Å²) >= 11 is 0. The summed E-state index contributed by atoms with van der Waals surface area (Å²) in [6.07, 6.45) is 3.67. The molecule has 1 N–H and O–H groups in total. The van der Waals surface area contributed by atoms with E-state index >= 15 is 0 Å². The van der Waals surface area contributed by atoms with Crippen LogP contribution < -0.4 is 0 Å². The standard InChI is InChI=1S/C10H18O/c1-5-9(4)6-7-10(11)8(2)3/h5,9,11H,1,6-7H2,2-4H3. The van der Waals surface area contributed by atoms with Gasteiger partial charge in [-0.25, -0.2) is 0 Å². The Kier molecular flexibility index (Phi) is 4.67. The van der Waals surface area contributed by atoms with Crippen molar-refractivity contribution in [2.45, 2.75) is 33.6 Å². The molecule has 1 atom stereocenters. The maximum absolute atomic E-state index is 9.32. The van der Waals surface area contributed by atoms with Gasteiger partial charge in [-0.3, -0.25) is 0 Å². The molecule has 0 saturated carbocycles. The van der Waals surface area contributed by atoms with Crippen molar-refractivity contribution in [1.29, 1.82) is 0 Å². The van der Waals surface area contributed by atoms with Crippen LogP contribution in [0.5, 0.6) is 0 Å². The lowest BCUT2D eigenvalue weighted by molar-refractivity contribution is 0.369. The molecular formula is C10H18O. The van der Waals surface area contributed by atoms with Crippen LogP contribution in [0, 0.1) is 5.92 Å². The normalized spacial score (nSPS) is 12.3. The van der Waals surface area contributed by atoms with Gasteiger partial charge < -0.3 is 5.11 Å². The van der Waals surface area contributed by atoms with E-state index in [0.29, 0.717) is 11.7 Å². The summed E-state index contributed by atoms with van der Waals surface area (Å²) in [6, 6.07) is 0. The Bertz CT molecular complexity index is 152. The Hall–Kier alpha value is -0.720. The number of rotatable bonds is 4. The highest BCUT2D eigenvalue weighted by Crippen LogP contribution is 2.13. The van der Waals surface area contributed by atoms with Crippen LogP contribution in [0.2, 0.25) is 0 Å². The largest absolute Gasteiger partial charge is 0.512 e.